The van der Waals surface area contributed by atoms with Crippen LogP contribution in [-0.2, 0) is 9.53 Å². The fraction of sp³-hybridized carbons (Fsp3) is 0.900. The number of rotatable bonds is 9. The normalized spacial score (nSPS) is 13.1. The zero-order chi connectivity index (χ0) is 11.7. The fourth-order valence-electron chi connectivity index (χ4n) is 1.35. The molecule has 0 saturated carbocycles. The highest BCUT2D eigenvalue weighted by Gasteiger charge is 2.15. The summed E-state index contributed by atoms with van der Waals surface area (Å²) in [5.41, 5.74) is 0. The summed E-state index contributed by atoms with van der Waals surface area (Å²) in [6.45, 7) is 5.29. The average Bonchev–Trinajstić information content (AvgIpc) is 2.23. The monoisotopic (exact) mass is 218 g/mol. The highest BCUT2D eigenvalue weighted by atomic mass is 16.5. The molecule has 0 heterocycles. The Morgan fingerprint density at radius 3 is 2.60 bits per heavy atom. The number of ether oxygens (including phenoxy) is 1. The third-order valence-corrected chi connectivity index (χ3v) is 2.44. The first-order chi connectivity index (χ1) is 7.15. The van der Waals surface area contributed by atoms with Gasteiger partial charge < -0.3 is 20.1 Å². The van der Waals surface area contributed by atoms with E-state index < -0.39 is 12.0 Å². The fourth-order valence-corrected chi connectivity index (χ4v) is 1.35. The molecule has 1 unspecified atom stereocenters. The van der Waals surface area contributed by atoms with E-state index in [4.69, 9.17) is 9.84 Å². The lowest BCUT2D eigenvalue weighted by Gasteiger charge is -2.21. The maximum Gasteiger partial charge on any atom is 0.320 e. The molecule has 0 aliphatic heterocycles. The van der Waals surface area contributed by atoms with Gasteiger partial charge >= 0.3 is 5.97 Å². The lowest BCUT2D eigenvalue weighted by molar-refractivity contribution is -0.139. The molecular formula is C10H22N2O3. The first-order valence-corrected chi connectivity index (χ1v) is 5.27. The molecule has 0 aliphatic carbocycles. The van der Waals surface area contributed by atoms with Gasteiger partial charge in [-0.2, -0.15) is 0 Å². The molecule has 0 aliphatic rings. The van der Waals surface area contributed by atoms with Crippen molar-refractivity contribution < 1.29 is 14.6 Å². The Kier molecular flexibility index (Phi) is 8.27. The Morgan fingerprint density at radius 2 is 2.20 bits per heavy atom. The van der Waals surface area contributed by atoms with Crippen LogP contribution in [-0.4, -0.2) is 62.4 Å². The van der Waals surface area contributed by atoms with Crippen LogP contribution in [0.5, 0.6) is 0 Å². The quantitative estimate of drug-likeness (QED) is 0.571. The van der Waals surface area contributed by atoms with E-state index in [1.807, 2.05) is 0 Å². The Labute approximate surface area is 91.4 Å². The van der Waals surface area contributed by atoms with E-state index in [0.29, 0.717) is 13.0 Å². The predicted molar refractivity (Wildman–Crippen MR) is 59.1 cm³/mol. The summed E-state index contributed by atoms with van der Waals surface area (Å²) < 4.78 is 4.98. The van der Waals surface area contributed by atoms with Crippen molar-refractivity contribution in [2.24, 2.45) is 0 Å². The molecule has 1 atom stereocenters. The van der Waals surface area contributed by atoms with Crippen LogP contribution in [0, 0.1) is 0 Å². The van der Waals surface area contributed by atoms with Gasteiger partial charge in [-0.15, -0.1) is 0 Å². The number of likely N-dealkylation sites (N-methyl/N-ethyl adjacent to an activating group) is 2. The van der Waals surface area contributed by atoms with Gasteiger partial charge in [0.25, 0.3) is 0 Å². The Morgan fingerprint density at radius 1 is 1.53 bits per heavy atom. The van der Waals surface area contributed by atoms with Gasteiger partial charge in [0.1, 0.15) is 6.04 Å². The van der Waals surface area contributed by atoms with Gasteiger partial charge in [-0.3, -0.25) is 4.79 Å². The van der Waals surface area contributed by atoms with E-state index in [1.165, 1.54) is 0 Å². The number of aliphatic carboxylic acids is 1. The molecule has 0 bridgehead atoms. The topological polar surface area (TPSA) is 61.8 Å². The summed E-state index contributed by atoms with van der Waals surface area (Å²) in [6.07, 6.45) is 0.614. The van der Waals surface area contributed by atoms with E-state index in [0.717, 1.165) is 19.6 Å². The molecule has 0 fully saturated rings. The van der Waals surface area contributed by atoms with E-state index in [1.54, 1.807) is 14.2 Å². The summed E-state index contributed by atoms with van der Waals surface area (Å²) >= 11 is 0. The third kappa shape index (κ3) is 6.43. The molecule has 0 amide bonds. The lowest BCUT2D eigenvalue weighted by atomic mass is 10.2. The highest BCUT2D eigenvalue weighted by Crippen LogP contribution is 1.96. The van der Waals surface area contributed by atoms with E-state index >= 15 is 0 Å². The van der Waals surface area contributed by atoms with Crippen LogP contribution in [0.1, 0.15) is 13.3 Å². The smallest absolute Gasteiger partial charge is 0.320 e. The number of carboxylic acids is 1. The Balaban J connectivity index is 3.81. The summed E-state index contributed by atoms with van der Waals surface area (Å²) in [5.74, 6) is -0.791. The van der Waals surface area contributed by atoms with Gasteiger partial charge in [-0.1, -0.05) is 6.92 Å². The molecule has 0 aromatic rings. The van der Waals surface area contributed by atoms with Crippen molar-refractivity contribution in [2.45, 2.75) is 19.4 Å². The summed E-state index contributed by atoms with van der Waals surface area (Å²) in [5, 5.41) is 11.6. The minimum absolute atomic E-state index is 0.457. The summed E-state index contributed by atoms with van der Waals surface area (Å²) in [6, 6.07) is -0.457. The zero-order valence-corrected chi connectivity index (χ0v) is 9.82. The van der Waals surface area contributed by atoms with Crippen molar-refractivity contribution in [1.29, 1.82) is 0 Å². The molecule has 0 rings (SSSR count). The number of nitrogens with zero attached hydrogens (tertiary/aromatic N) is 1. The van der Waals surface area contributed by atoms with Crippen molar-refractivity contribution in [3.8, 4) is 0 Å². The lowest BCUT2D eigenvalue weighted by Crippen LogP contribution is -2.38. The van der Waals surface area contributed by atoms with Crippen LogP contribution in [0.3, 0.4) is 0 Å². The highest BCUT2D eigenvalue weighted by molar-refractivity contribution is 5.73. The van der Waals surface area contributed by atoms with E-state index in [-0.39, 0.29) is 0 Å². The maximum absolute atomic E-state index is 10.7. The molecular weight excluding hydrogens is 196 g/mol. The Bertz CT molecular complexity index is 176. The molecule has 0 saturated heterocycles. The molecule has 0 spiro atoms. The van der Waals surface area contributed by atoms with Gasteiger partial charge in [-0.05, 0) is 20.0 Å². The van der Waals surface area contributed by atoms with Crippen molar-refractivity contribution in [3.05, 3.63) is 0 Å². The second-order valence-corrected chi connectivity index (χ2v) is 3.40. The van der Waals surface area contributed by atoms with Crippen molar-refractivity contribution in [3.63, 3.8) is 0 Å². The molecule has 0 aromatic heterocycles. The minimum Gasteiger partial charge on any atom is -0.480 e. The first kappa shape index (κ1) is 14.3. The van der Waals surface area contributed by atoms with Crippen molar-refractivity contribution in [1.82, 2.24) is 10.2 Å². The molecule has 5 nitrogen and oxygen atoms in total. The molecule has 0 radical (unpaired) electrons. The molecule has 15 heavy (non-hydrogen) atoms. The van der Waals surface area contributed by atoms with Crippen LogP contribution in [0.2, 0.25) is 0 Å². The minimum atomic E-state index is -0.791. The predicted octanol–water partition coefficient (Wildman–Crippen LogP) is 0.0174. The molecule has 0 aromatic carbocycles. The largest absolute Gasteiger partial charge is 0.480 e. The standard InChI is InChI=1S/C10H22N2O3/c1-4-12(7-8-15-3)6-5-9(11-2)10(13)14/h9,11H,4-8H2,1-3H3,(H,13,14). The number of carbonyl (C=O) groups is 1. The van der Waals surface area contributed by atoms with Gasteiger partial charge in [0.2, 0.25) is 0 Å². The van der Waals surface area contributed by atoms with Crippen LogP contribution in [0.4, 0.5) is 0 Å². The number of hydrogen-bond donors (Lipinski definition) is 2. The molecule has 90 valence electrons. The Hall–Kier alpha value is -0.650. The summed E-state index contributed by atoms with van der Waals surface area (Å²) in [7, 11) is 3.34. The van der Waals surface area contributed by atoms with Crippen LogP contribution < -0.4 is 5.32 Å². The van der Waals surface area contributed by atoms with Crippen LogP contribution in [0.15, 0.2) is 0 Å². The second kappa shape index (κ2) is 8.64. The van der Waals surface area contributed by atoms with Crippen molar-refractivity contribution in [2.75, 3.05) is 40.4 Å². The maximum atomic E-state index is 10.7. The SMILES string of the molecule is CCN(CCOC)CCC(NC)C(=O)O. The number of carboxylic acid groups (broad SMARTS) is 1. The third-order valence-electron chi connectivity index (χ3n) is 2.44. The first-order valence-electron chi connectivity index (χ1n) is 5.27. The van der Waals surface area contributed by atoms with Gasteiger partial charge in [-0.25, -0.2) is 0 Å². The van der Waals surface area contributed by atoms with Crippen LogP contribution >= 0.6 is 0 Å². The van der Waals surface area contributed by atoms with Gasteiger partial charge in [0.15, 0.2) is 0 Å². The number of nitrogens with one attached hydrogen (secondary N) is 1. The van der Waals surface area contributed by atoms with E-state index in [9.17, 15) is 4.79 Å². The van der Waals surface area contributed by atoms with E-state index in [2.05, 4.69) is 17.1 Å². The number of hydrogen-bond acceptors (Lipinski definition) is 4. The second-order valence-electron chi connectivity index (χ2n) is 3.40. The van der Waals surface area contributed by atoms with Gasteiger partial charge in [0.05, 0.1) is 6.61 Å². The summed E-state index contributed by atoms with van der Waals surface area (Å²) in [4.78, 5) is 12.9. The number of methoxy groups -OCH3 is 1. The van der Waals surface area contributed by atoms with Crippen LogP contribution in [0.25, 0.3) is 0 Å². The van der Waals surface area contributed by atoms with Crippen molar-refractivity contribution >= 4 is 5.97 Å². The van der Waals surface area contributed by atoms with Gasteiger partial charge in [0, 0.05) is 20.2 Å². The molecule has 2 N–H and O–H groups in total. The average molecular weight is 218 g/mol. The molecule has 5 heteroatoms. The zero-order valence-electron chi connectivity index (χ0n) is 9.82.